The number of rotatable bonds is 3. The Morgan fingerprint density at radius 3 is 2.70 bits per heavy atom. The number of benzene rings is 2. The van der Waals surface area contributed by atoms with E-state index in [2.05, 4.69) is 10.1 Å². The summed E-state index contributed by atoms with van der Waals surface area (Å²) in [7, 11) is 1.09. The van der Waals surface area contributed by atoms with E-state index < -0.39 is 29.2 Å². The first-order valence-corrected chi connectivity index (χ1v) is 8.69. The summed E-state index contributed by atoms with van der Waals surface area (Å²) in [6, 6.07) is 7.92. The minimum absolute atomic E-state index is 0.202. The van der Waals surface area contributed by atoms with Crippen LogP contribution in [0.5, 0.6) is 0 Å². The molecule has 5 nitrogen and oxygen atoms in total. The topological polar surface area (TPSA) is 58.6 Å². The molecular weight excluding hydrogens is 378 g/mol. The maximum absolute atomic E-state index is 14.1. The van der Waals surface area contributed by atoms with E-state index in [1.54, 1.807) is 23.1 Å². The normalized spacial score (nSPS) is 16.3. The standard InChI is InChI=1S/C19H17ClF2N2O3/c1-27-18(25)13-9-16(15(22)10-14(13)21)23-19(26)24-7-3-6-17(24)11-4-2-5-12(20)8-11/h2,4-5,8-10,17H,3,6-7H2,1H3,(H,23,26). The molecule has 1 aliphatic heterocycles. The van der Waals surface area contributed by atoms with Gasteiger partial charge in [-0.1, -0.05) is 23.7 Å². The summed E-state index contributed by atoms with van der Waals surface area (Å²) < 4.78 is 32.3. The third-order valence-electron chi connectivity index (χ3n) is 4.45. The number of nitrogens with zero attached hydrogens (tertiary/aromatic N) is 1. The summed E-state index contributed by atoms with van der Waals surface area (Å²) in [6.07, 6.45) is 1.52. The van der Waals surface area contributed by atoms with Crippen molar-refractivity contribution in [2.24, 2.45) is 0 Å². The van der Waals surface area contributed by atoms with E-state index >= 15 is 0 Å². The molecule has 0 aromatic heterocycles. The van der Waals surface area contributed by atoms with Crippen LogP contribution in [0.25, 0.3) is 0 Å². The Kier molecular flexibility index (Phi) is 5.60. The van der Waals surface area contributed by atoms with Crippen LogP contribution < -0.4 is 5.32 Å². The van der Waals surface area contributed by atoms with Crippen molar-refractivity contribution in [3.05, 3.63) is 64.2 Å². The molecule has 0 saturated carbocycles. The number of hydrogen-bond donors (Lipinski definition) is 1. The van der Waals surface area contributed by atoms with Crippen molar-refractivity contribution >= 4 is 29.3 Å². The maximum Gasteiger partial charge on any atom is 0.340 e. The van der Waals surface area contributed by atoms with Gasteiger partial charge in [-0.25, -0.2) is 18.4 Å². The summed E-state index contributed by atoms with van der Waals surface area (Å²) >= 11 is 6.03. The molecule has 3 rings (SSSR count). The molecule has 0 bridgehead atoms. The Morgan fingerprint density at radius 2 is 2.00 bits per heavy atom. The molecule has 0 radical (unpaired) electrons. The van der Waals surface area contributed by atoms with Crippen molar-refractivity contribution in [3.8, 4) is 0 Å². The van der Waals surface area contributed by atoms with Gasteiger partial charge < -0.3 is 15.0 Å². The van der Waals surface area contributed by atoms with Crippen molar-refractivity contribution in [1.29, 1.82) is 0 Å². The van der Waals surface area contributed by atoms with Crippen LogP contribution >= 0.6 is 11.6 Å². The van der Waals surface area contributed by atoms with E-state index in [9.17, 15) is 18.4 Å². The lowest BCUT2D eigenvalue weighted by atomic mass is 10.0. The SMILES string of the molecule is COC(=O)c1cc(NC(=O)N2CCCC2c2cccc(Cl)c2)c(F)cc1F. The Labute approximate surface area is 159 Å². The fraction of sp³-hybridized carbons (Fsp3) is 0.263. The number of methoxy groups -OCH3 is 1. The number of urea groups is 1. The molecule has 27 heavy (non-hydrogen) atoms. The highest BCUT2D eigenvalue weighted by Gasteiger charge is 2.31. The second-order valence-corrected chi connectivity index (χ2v) is 6.58. The van der Waals surface area contributed by atoms with E-state index in [0.29, 0.717) is 17.6 Å². The molecule has 1 saturated heterocycles. The van der Waals surface area contributed by atoms with Gasteiger partial charge in [0.1, 0.15) is 11.6 Å². The Bertz CT molecular complexity index is 891. The van der Waals surface area contributed by atoms with Gasteiger partial charge in [0.15, 0.2) is 0 Å². The molecule has 142 valence electrons. The van der Waals surface area contributed by atoms with Crippen LogP contribution in [0.15, 0.2) is 36.4 Å². The molecule has 1 unspecified atom stereocenters. The number of esters is 1. The van der Waals surface area contributed by atoms with Crippen LogP contribution in [0.1, 0.15) is 34.8 Å². The van der Waals surface area contributed by atoms with Gasteiger partial charge in [-0.05, 0) is 36.6 Å². The number of amides is 2. The van der Waals surface area contributed by atoms with E-state index in [4.69, 9.17) is 11.6 Å². The average Bonchev–Trinajstić information content (AvgIpc) is 3.13. The highest BCUT2D eigenvalue weighted by atomic mass is 35.5. The first-order valence-electron chi connectivity index (χ1n) is 8.31. The number of likely N-dealkylation sites (tertiary alicyclic amines) is 1. The van der Waals surface area contributed by atoms with Crippen LogP contribution in [0.4, 0.5) is 19.3 Å². The molecule has 1 heterocycles. The number of anilines is 1. The van der Waals surface area contributed by atoms with Gasteiger partial charge in [-0.3, -0.25) is 0 Å². The van der Waals surface area contributed by atoms with Gasteiger partial charge in [0, 0.05) is 17.6 Å². The minimum atomic E-state index is -1.06. The lowest BCUT2D eigenvalue weighted by Gasteiger charge is -2.25. The number of hydrogen-bond acceptors (Lipinski definition) is 3. The molecule has 2 aromatic rings. The van der Waals surface area contributed by atoms with E-state index in [0.717, 1.165) is 31.6 Å². The summed E-state index contributed by atoms with van der Waals surface area (Å²) in [6.45, 7) is 0.482. The van der Waals surface area contributed by atoms with E-state index in [-0.39, 0.29) is 11.7 Å². The third kappa shape index (κ3) is 4.03. The number of ether oxygens (including phenoxy) is 1. The highest BCUT2D eigenvalue weighted by Crippen LogP contribution is 2.33. The summed E-state index contributed by atoms with van der Waals surface area (Å²) in [4.78, 5) is 25.8. The lowest BCUT2D eigenvalue weighted by molar-refractivity contribution is 0.0595. The monoisotopic (exact) mass is 394 g/mol. The summed E-state index contributed by atoms with van der Waals surface area (Å²) in [5.74, 6) is -3.00. The predicted molar refractivity (Wildman–Crippen MR) is 96.8 cm³/mol. The molecule has 8 heteroatoms. The summed E-state index contributed by atoms with van der Waals surface area (Å²) in [5.41, 5.74) is 0.130. The Morgan fingerprint density at radius 1 is 1.22 bits per heavy atom. The molecule has 1 N–H and O–H groups in total. The second kappa shape index (κ2) is 7.92. The number of carbonyl (C=O) groups excluding carboxylic acids is 2. The van der Waals surface area contributed by atoms with Gasteiger partial charge in [0.05, 0.1) is 24.4 Å². The zero-order valence-electron chi connectivity index (χ0n) is 14.5. The third-order valence-corrected chi connectivity index (χ3v) is 4.69. The number of halogens is 3. The first kappa shape index (κ1) is 19.1. The quantitative estimate of drug-likeness (QED) is 0.762. The largest absolute Gasteiger partial charge is 0.465 e. The maximum atomic E-state index is 14.1. The van der Waals surface area contributed by atoms with Crippen molar-refractivity contribution in [2.45, 2.75) is 18.9 Å². The number of carbonyl (C=O) groups is 2. The molecule has 0 aliphatic carbocycles. The van der Waals surface area contributed by atoms with Crippen LogP contribution in [0.2, 0.25) is 5.02 Å². The van der Waals surface area contributed by atoms with Crippen LogP contribution in [-0.2, 0) is 4.74 Å². The molecule has 1 fully saturated rings. The van der Waals surface area contributed by atoms with Gasteiger partial charge >= 0.3 is 12.0 Å². The van der Waals surface area contributed by atoms with Crippen LogP contribution in [0, 0.1) is 11.6 Å². The van der Waals surface area contributed by atoms with Gasteiger partial charge in [-0.2, -0.15) is 0 Å². The van der Waals surface area contributed by atoms with E-state index in [1.807, 2.05) is 6.07 Å². The Balaban J connectivity index is 1.83. The average molecular weight is 395 g/mol. The molecule has 2 amide bonds. The van der Waals surface area contributed by atoms with Crippen molar-refractivity contribution in [2.75, 3.05) is 19.0 Å². The Hall–Kier alpha value is -2.67. The molecule has 1 aliphatic rings. The van der Waals surface area contributed by atoms with Gasteiger partial charge in [-0.15, -0.1) is 0 Å². The molecule has 1 atom stereocenters. The smallest absolute Gasteiger partial charge is 0.340 e. The molecule has 0 spiro atoms. The highest BCUT2D eigenvalue weighted by molar-refractivity contribution is 6.30. The zero-order chi connectivity index (χ0) is 19.6. The fourth-order valence-electron chi connectivity index (χ4n) is 3.17. The second-order valence-electron chi connectivity index (χ2n) is 6.14. The summed E-state index contributed by atoms with van der Waals surface area (Å²) in [5, 5.41) is 2.98. The first-order chi connectivity index (χ1) is 12.9. The predicted octanol–water partition coefficient (Wildman–Crippen LogP) is 4.77. The molecular formula is C19H17ClF2N2O3. The molecule has 2 aromatic carbocycles. The van der Waals surface area contributed by atoms with Crippen molar-refractivity contribution in [1.82, 2.24) is 4.90 Å². The number of nitrogens with one attached hydrogen (secondary N) is 1. The van der Waals surface area contributed by atoms with Crippen molar-refractivity contribution < 1.29 is 23.1 Å². The van der Waals surface area contributed by atoms with Crippen LogP contribution in [0.3, 0.4) is 0 Å². The lowest BCUT2D eigenvalue weighted by Crippen LogP contribution is -2.34. The van der Waals surface area contributed by atoms with Crippen LogP contribution in [-0.4, -0.2) is 30.6 Å². The van der Waals surface area contributed by atoms with Crippen molar-refractivity contribution in [3.63, 3.8) is 0 Å². The van der Waals surface area contributed by atoms with E-state index in [1.165, 1.54) is 0 Å². The zero-order valence-corrected chi connectivity index (χ0v) is 15.2. The fourth-order valence-corrected chi connectivity index (χ4v) is 3.37. The van der Waals surface area contributed by atoms with Gasteiger partial charge in [0.2, 0.25) is 0 Å². The van der Waals surface area contributed by atoms with Gasteiger partial charge in [0.25, 0.3) is 0 Å². The minimum Gasteiger partial charge on any atom is -0.465 e.